The Kier molecular flexibility index (Phi) is 5.77. The molecule has 0 aliphatic heterocycles. The van der Waals surface area contributed by atoms with Gasteiger partial charge in [0.2, 0.25) is 5.91 Å². The monoisotopic (exact) mass is 337 g/mol. The lowest BCUT2D eigenvalue weighted by Crippen LogP contribution is -2.32. The minimum Gasteiger partial charge on any atom is -0.340 e. The van der Waals surface area contributed by atoms with Crippen LogP contribution in [0.1, 0.15) is 18.9 Å². The molecule has 0 saturated carbocycles. The van der Waals surface area contributed by atoms with Crippen LogP contribution in [0.5, 0.6) is 0 Å². The van der Waals surface area contributed by atoms with E-state index in [4.69, 9.17) is 23.2 Å². The summed E-state index contributed by atoms with van der Waals surface area (Å²) in [4.78, 5) is 13.4. The standard InChI is InChI=1S/C12H14BrCl2NO/c1-3-10(13)12(17)16(2)7-8-4-5-9(14)6-11(8)15/h4-6,10H,3,7H2,1-2H3. The second kappa shape index (κ2) is 6.62. The molecular weight excluding hydrogens is 325 g/mol. The number of nitrogens with zero attached hydrogens (tertiary/aromatic N) is 1. The Hall–Kier alpha value is -0.250. The van der Waals surface area contributed by atoms with E-state index in [2.05, 4.69) is 15.9 Å². The van der Waals surface area contributed by atoms with Gasteiger partial charge in [-0.3, -0.25) is 4.79 Å². The van der Waals surface area contributed by atoms with Crippen molar-refractivity contribution in [1.29, 1.82) is 0 Å². The molecule has 0 spiro atoms. The molecule has 1 amide bonds. The summed E-state index contributed by atoms with van der Waals surface area (Å²) in [5.41, 5.74) is 0.891. The maximum Gasteiger partial charge on any atom is 0.236 e. The van der Waals surface area contributed by atoms with E-state index in [9.17, 15) is 4.79 Å². The Labute approximate surface area is 120 Å². The molecule has 0 aromatic heterocycles. The first-order valence-corrected chi connectivity index (χ1v) is 6.95. The van der Waals surface area contributed by atoms with Crippen molar-refractivity contribution in [2.45, 2.75) is 24.7 Å². The summed E-state index contributed by atoms with van der Waals surface area (Å²) in [6.07, 6.45) is 0.761. The molecule has 0 heterocycles. The second-order valence-corrected chi connectivity index (χ2v) is 5.75. The van der Waals surface area contributed by atoms with Gasteiger partial charge >= 0.3 is 0 Å². The lowest BCUT2D eigenvalue weighted by molar-refractivity contribution is -0.129. The highest BCUT2D eigenvalue weighted by Gasteiger charge is 2.17. The van der Waals surface area contributed by atoms with Crippen LogP contribution in [0.3, 0.4) is 0 Å². The predicted octanol–water partition coefficient (Wildman–Crippen LogP) is 4.13. The fourth-order valence-corrected chi connectivity index (χ4v) is 2.21. The van der Waals surface area contributed by atoms with Crippen molar-refractivity contribution in [1.82, 2.24) is 4.90 Å². The van der Waals surface area contributed by atoms with E-state index in [1.165, 1.54) is 0 Å². The van der Waals surface area contributed by atoms with Crippen LogP contribution < -0.4 is 0 Å². The summed E-state index contributed by atoms with van der Waals surface area (Å²) in [7, 11) is 1.76. The van der Waals surface area contributed by atoms with Gasteiger partial charge in [-0.05, 0) is 24.1 Å². The predicted molar refractivity (Wildman–Crippen MR) is 75.9 cm³/mol. The molecule has 0 aliphatic carbocycles. The summed E-state index contributed by atoms with van der Waals surface area (Å²) in [5, 5.41) is 1.18. The smallest absolute Gasteiger partial charge is 0.236 e. The molecule has 1 rings (SSSR count). The van der Waals surface area contributed by atoms with Gasteiger partial charge in [-0.1, -0.05) is 52.1 Å². The number of alkyl halides is 1. The van der Waals surface area contributed by atoms with Crippen LogP contribution in [0.2, 0.25) is 10.0 Å². The number of rotatable bonds is 4. The summed E-state index contributed by atoms with van der Waals surface area (Å²) in [5.74, 6) is 0.0542. The van der Waals surface area contributed by atoms with E-state index in [1.54, 1.807) is 24.1 Å². The zero-order valence-corrected chi connectivity index (χ0v) is 12.8. The largest absolute Gasteiger partial charge is 0.340 e. The first kappa shape index (κ1) is 14.8. The second-order valence-electron chi connectivity index (χ2n) is 3.81. The zero-order valence-electron chi connectivity index (χ0n) is 9.71. The van der Waals surface area contributed by atoms with Crippen LogP contribution in [0.25, 0.3) is 0 Å². The van der Waals surface area contributed by atoms with Gasteiger partial charge in [0, 0.05) is 23.6 Å². The van der Waals surface area contributed by atoms with Gasteiger partial charge < -0.3 is 4.90 Å². The van der Waals surface area contributed by atoms with E-state index in [-0.39, 0.29) is 10.7 Å². The van der Waals surface area contributed by atoms with Crippen LogP contribution in [0.15, 0.2) is 18.2 Å². The van der Waals surface area contributed by atoms with Crippen molar-refractivity contribution in [3.8, 4) is 0 Å². The summed E-state index contributed by atoms with van der Waals surface area (Å²) >= 11 is 15.2. The van der Waals surface area contributed by atoms with Gasteiger partial charge in [-0.15, -0.1) is 0 Å². The molecule has 5 heteroatoms. The lowest BCUT2D eigenvalue weighted by Gasteiger charge is -2.20. The normalized spacial score (nSPS) is 12.3. The molecule has 0 saturated heterocycles. The Balaban J connectivity index is 2.74. The van der Waals surface area contributed by atoms with Crippen LogP contribution in [-0.2, 0) is 11.3 Å². The van der Waals surface area contributed by atoms with E-state index in [1.807, 2.05) is 13.0 Å². The number of amides is 1. The van der Waals surface area contributed by atoms with Crippen molar-refractivity contribution in [3.63, 3.8) is 0 Å². The van der Waals surface area contributed by atoms with E-state index in [0.29, 0.717) is 16.6 Å². The average molecular weight is 339 g/mol. The van der Waals surface area contributed by atoms with Crippen LogP contribution in [-0.4, -0.2) is 22.7 Å². The molecule has 1 aromatic carbocycles. The van der Waals surface area contributed by atoms with Gasteiger partial charge in [0.25, 0.3) is 0 Å². The zero-order chi connectivity index (χ0) is 13.0. The van der Waals surface area contributed by atoms with Crippen molar-refractivity contribution < 1.29 is 4.79 Å². The molecule has 0 N–H and O–H groups in total. The maximum atomic E-state index is 11.9. The molecule has 0 radical (unpaired) electrons. The quantitative estimate of drug-likeness (QED) is 0.756. The third kappa shape index (κ3) is 4.16. The SMILES string of the molecule is CCC(Br)C(=O)N(C)Cc1ccc(Cl)cc1Cl. The number of benzene rings is 1. The Bertz CT molecular complexity index is 411. The Morgan fingerprint density at radius 3 is 2.65 bits per heavy atom. The highest BCUT2D eigenvalue weighted by molar-refractivity contribution is 9.10. The number of halogens is 3. The first-order valence-electron chi connectivity index (χ1n) is 5.28. The third-order valence-corrected chi connectivity index (χ3v) is 4.05. The van der Waals surface area contributed by atoms with Gasteiger partial charge in [0.1, 0.15) is 0 Å². The highest BCUT2D eigenvalue weighted by atomic mass is 79.9. The van der Waals surface area contributed by atoms with Crippen molar-refractivity contribution in [2.24, 2.45) is 0 Å². The molecular formula is C12H14BrCl2NO. The molecule has 1 aromatic rings. The minimum absolute atomic E-state index is 0.0542. The molecule has 94 valence electrons. The summed E-state index contributed by atoms with van der Waals surface area (Å²) in [6, 6.07) is 5.29. The fourth-order valence-electron chi connectivity index (χ4n) is 1.40. The summed E-state index contributed by atoms with van der Waals surface area (Å²) < 4.78 is 0. The van der Waals surface area contributed by atoms with E-state index >= 15 is 0 Å². The van der Waals surface area contributed by atoms with Crippen LogP contribution in [0.4, 0.5) is 0 Å². The molecule has 17 heavy (non-hydrogen) atoms. The van der Waals surface area contributed by atoms with Crippen LogP contribution in [0, 0.1) is 0 Å². The first-order chi connectivity index (χ1) is 7.95. The number of hydrogen-bond acceptors (Lipinski definition) is 1. The van der Waals surface area contributed by atoms with Gasteiger partial charge in [-0.2, -0.15) is 0 Å². The van der Waals surface area contributed by atoms with Crippen molar-refractivity contribution in [2.75, 3.05) is 7.05 Å². The van der Waals surface area contributed by atoms with Gasteiger partial charge in [0.05, 0.1) is 4.83 Å². The van der Waals surface area contributed by atoms with Crippen LogP contribution >= 0.6 is 39.1 Å². The average Bonchev–Trinajstić information content (AvgIpc) is 2.30. The highest BCUT2D eigenvalue weighted by Crippen LogP contribution is 2.22. The molecule has 1 unspecified atom stereocenters. The fraction of sp³-hybridized carbons (Fsp3) is 0.417. The Morgan fingerprint density at radius 1 is 1.47 bits per heavy atom. The minimum atomic E-state index is -0.140. The molecule has 1 atom stereocenters. The van der Waals surface area contributed by atoms with E-state index < -0.39 is 0 Å². The van der Waals surface area contributed by atoms with Gasteiger partial charge in [-0.25, -0.2) is 0 Å². The molecule has 0 fully saturated rings. The number of carbonyl (C=O) groups excluding carboxylic acids is 1. The third-order valence-electron chi connectivity index (χ3n) is 2.43. The molecule has 0 bridgehead atoms. The van der Waals surface area contributed by atoms with Crippen molar-refractivity contribution in [3.05, 3.63) is 33.8 Å². The lowest BCUT2D eigenvalue weighted by atomic mass is 10.2. The maximum absolute atomic E-state index is 11.9. The van der Waals surface area contributed by atoms with Gasteiger partial charge in [0.15, 0.2) is 0 Å². The number of hydrogen-bond donors (Lipinski definition) is 0. The summed E-state index contributed by atoms with van der Waals surface area (Å²) in [6.45, 7) is 2.44. The topological polar surface area (TPSA) is 20.3 Å². The van der Waals surface area contributed by atoms with Crippen molar-refractivity contribution >= 4 is 45.0 Å². The van der Waals surface area contributed by atoms with E-state index in [0.717, 1.165) is 12.0 Å². The Morgan fingerprint density at radius 2 is 2.12 bits per heavy atom. The number of carbonyl (C=O) groups is 1. The molecule has 2 nitrogen and oxygen atoms in total. The molecule has 0 aliphatic rings.